The average molecular weight is 271 g/mol. The standard InChI is InChI=1S/C12H14FNO3S/c1-17-12(16)6-14-11(15)8-18-7-9-2-4-10(13)5-3-9/h2-5H,6-8H2,1H3,(H,14,15). The number of hydrogen-bond donors (Lipinski definition) is 1. The number of carbonyl (C=O) groups excluding carboxylic acids is 2. The molecule has 4 nitrogen and oxygen atoms in total. The Balaban J connectivity index is 2.19. The van der Waals surface area contributed by atoms with Crippen molar-refractivity contribution in [2.75, 3.05) is 19.4 Å². The first-order valence-corrected chi connectivity index (χ1v) is 6.43. The van der Waals surface area contributed by atoms with E-state index >= 15 is 0 Å². The highest BCUT2D eigenvalue weighted by atomic mass is 32.2. The minimum atomic E-state index is -0.480. The lowest BCUT2D eigenvalue weighted by Gasteiger charge is -2.04. The van der Waals surface area contributed by atoms with E-state index in [0.29, 0.717) is 5.75 Å². The molecule has 0 atom stereocenters. The number of nitrogens with one attached hydrogen (secondary N) is 1. The zero-order valence-corrected chi connectivity index (χ0v) is 10.8. The van der Waals surface area contributed by atoms with Gasteiger partial charge in [-0.25, -0.2) is 4.39 Å². The van der Waals surface area contributed by atoms with Crippen LogP contribution in [0.15, 0.2) is 24.3 Å². The van der Waals surface area contributed by atoms with Crippen molar-refractivity contribution < 1.29 is 18.7 Å². The lowest BCUT2D eigenvalue weighted by atomic mass is 10.2. The van der Waals surface area contributed by atoms with Gasteiger partial charge in [0.05, 0.1) is 12.9 Å². The summed E-state index contributed by atoms with van der Waals surface area (Å²) in [7, 11) is 1.26. The molecule has 0 bridgehead atoms. The topological polar surface area (TPSA) is 55.4 Å². The molecular weight excluding hydrogens is 257 g/mol. The SMILES string of the molecule is COC(=O)CNC(=O)CSCc1ccc(F)cc1. The molecule has 98 valence electrons. The Labute approximate surface area is 109 Å². The molecule has 0 unspecified atom stereocenters. The van der Waals surface area contributed by atoms with Crippen molar-refractivity contribution in [3.63, 3.8) is 0 Å². The normalized spacial score (nSPS) is 9.89. The lowest BCUT2D eigenvalue weighted by Crippen LogP contribution is -2.31. The van der Waals surface area contributed by atoms with Crippen LogP contribution in [-0.4, -0.2) is 31.3 Å². The minimum Gasteiger partial charge on any atom is -0.468 e. The maximum atomic E-state index is 12.6. The van der Waals surface area contributed by atoms with Gasteiger partial charge in [-0.05, 0) is 17.7 Å². The molecule has 1 rings (SSSR count). The molecule has 0 aliphatic rings. The van der Waals surface area contributed by atoms with Crippen molar-refractivity contribution in [3.05, 3.63) is 35.6 Å². The number of halogens is 1. The van der Waals surface area contributed by atoms with Crippen molar-refractivity contribution >= 4 is 23.6 Å². The first kappa shape index (κ1) is 14.5. The summed E-state index contributed by atoms with van der Waals surface area (Å²) in [5.74, 6) is -0.126. The second kappa shape index (κ2) is 7.71. The monoisotopic (exact) mass is 271 g/mol. The van der Waals surface area contributed by atoms with Gasteiger partial charge in [-0.3, -0.25) is 9.59 Å². The van der Waals surface area contributed by atoms with E-state index in [0.717, 1.165) is 5.56 Å². The van der Waals surface area contributed by atoms with Crippen LogP contribution in [0.5, 0.6) is 0 Å². The first-order valence-electron chi connectivity index (χ1n) is 5.27. The van der Waals surface area contributed by atoms with E-state index in [4.69, 9.17) is 0 Å². The van der Waals surface area contributed by atoms with Crippen molar-refractivity contribution in [1.29, 1.82) is 0 Å². The number of benzene rings is 1. The molecule has 1 aromatic rings. The number of amides is 1. The largest absolute Gasteiger partial charge is 0.468 e. The van der Waals surface area contributed by atoms with Crippen LogP contribution in [0, 0.1) is 5.82 Å². The zero-order valence-electron chi connectivity index (χ0n) is 9.94. The number of methoxy groups -OCH3 is 1. The van der Waals surface area contributed by atoms with Crippen LogP contribution < -0.4 is 5.32 Å². The quantitative estimate of drug-likeness (QED) is 0.793. The lowest BCUT2D eigenvalue weighted by molar-refractivity contribution is -0.140. The van der Waals surface area contributed by atoms with Gasteiger partial charge in [0.15, 0.2) is 0 Å². The van der Waals surface area contributed by atoms with Crippen LogP contribution >= 0.6 is 11.8 Å². The molecule has 0 spiro atoms. The number of rotatable bonds is 6. The van der Waals surface area contributed by atoms with E-state index in [1.807, 2.05) is 0 Å². The molecule has 0 aliphatic heterocycles. The van der Waals surface area contributed by atoms with Crippen LogP contribution in [0.3, 0.4) is 0 Å². The van der Waals surface area contributed by atoms with Crippen LogP contribution in [-0.2, 0) is 20.1 Å². The van der Waals surface area contributed by atoms with E-state index in [-0.39, 0.29) is 24.0 Å². The number of thioether (sulfide) groups is 1. The van der Waals surface area contributed by atoms with Gasteiger partial charge in [0.1, 0.15) is 12.4 Å². The Kier molecular flexibility index (Phi) is 6.21. The Morgan fingerprint density at radius 2 is 2.00 bits per heavy atom. The number of esters is 1. The molecule has 1 N–H and O–H groups in total. The summed E-state index contributed by atoms with van der Waals surface area (Å²) in [6.07, 6.45) is 0. The molecule has 0 saturated heterocycles. The molecule has 0 heterocycles. The van der Waals surface area contributed by atoms with Gasteiger partial charge in [-0.15, -0.1) is 11.8 Å². The summed E-state index contributed by atoms with van der Waals surface area (Å²) in [6.45, 7) is -0.119. The summed E-state index contributed by atoms with van der Waals surface area (Å²) in [4.78, 5) is 22.1. The fraction of sp³-hybridized carbons (Fsp3) is 0.333. The Morgan fingerprint density at radius 1 is 1.33 bits per heavy atom. The fourth-order valence-corrected chi connectivity index (χ4v) is 1.95. The van der Waals surface area contributed by atoms with Gasteiger partial charge in [0.2, 0.25) is 5.91 Å². The molecular formula is C12H14FNO3S. The molecule has 1 aromatic carbocycles. The van der Waals surface area contributed by atoms with Crippen LogP contribution in [0.1, 0.15) is 5.56 Å². The fourth-order valence-electron chi connectivity index (χ4n) is 1.14. The van der Waals surface area contributed by atoms with Crippen molar-refractivity contribution in [2.24, 2.45) is 0 Å². The summed E-state index contributed by atoms with van der Waals surface area (Å²) in [5, 5.41) is 2.43. The molecule has 18 heavy (non-hydrogen) atoms. The summed E-state index contributed by atoms with van der Waals surface area (Å²) in [6, 6.07) is 6.11. The maximum absolute atomic E-state index is 12.6. The maximum Gasteiger partial charge on any atom is 0.325 e. The average Bonchev–Trinajstić information content (AvgIpc) is 2.38. The van der Waals surface area contributed by atoms with Gasteiger partial charge in [-0.1, -0.05) is 12.1 Å². The van der Waals surface area contributed by atoms with Crippen molar-refractivity contribution in [1.82, 2.24) is 5.32 Å². The Hall–Kier alpha value is -1.56. The highest BCUT2D eigenvalue weighted by molar-refractivity contribution is 7.99. The smallest absolute Gasteiger partial charge is 0.325 e. The van der Waals surface area contributed by atoms with Gasteiger partial charge in [0.25, 0.3) is 0 Å². The third kappa shape index (κ3) is 5.67. The Morgan fingerprint density at radius 3 is 2.61 bits per heavy atom. The van der Waals surface area contributed by atoms with Gasteiger partial charge in [-0.2, -0.15) is 0 Å². The van der Waals surface area contributed by atoms with Crippen LogP contribution in [0.2, 0.25) is 0 Å². The third-order valence-corrected chi connectivity index (χ3v) is 3.08. The van der Waals surface area contributed by atoms with E-state index in [2.05, 4.69) is 10.1 Å². The van der Waals surface area contributed by atoms with Crippen molar-refractivity contribution in [2.45, 2.75) is 5.75 Å². The predicted molar refractivity (Wildman–Crippen MR) is 67.6 cm³/mol. The molecule has 6 heteroatoms. The molecule has 0 radical (unpaired) electrons. The van der Waals surface area contributed by atoms with E-state index in [9.17, 15) is 14.0 Å². The first-order chi connectivity index (χ1) is 8.61. The second-order valence-electron chi connectivity index (χ2n) is 3.47. The summed E-state index contributed by atoms with van der Waals surface area (Å²) >= 11 is 1.39. The Bertz CT molecular complexity index is 408. The van der Waals surface area contributed by atoms with Gasteiger partial charge >= 0.3 is 5.97 Å². The van der Waals surface area contributed by atoms with Crippen molar-refractivity contribution in [3.8, 4) is 0 Å². The molecule has 0 aromatic heterocycles. The van der Waals surface area contributed by atoms with E-state index in [1.54, 1.807) is 12.1 Å². The minimum absolute atomic E-state index is 0.119. The molecule has 1 amide bonds. The molecule has 0 aliphatic carbocycles. The number of hydrogen-bond acceptors (Lipinski definition) is 4. The van der Waals surface area contributed by atoms with Gasteiger partial charge in [0, 0.05) is 5.75 Å². The van der Waals surface area contributed by atoms with Crippen LogP contribution in [0.25, 0.3) is 0 Å². The molecule has 0 fully saturated rings. The highest BCUT2D eigenvalue weighted by Gasteiger charge is 2.05. The molecule has 0 saturated carbocycles. The third-order valence-electron chi connectivity index (χ3n) is 2.07. The summed E-state index contributed by atoms with van der Waals surface area (Å²) in [5.41, 5.74) is 0.946. The van der Waals surface area contributed by atoms with Gasteiger partial charge < -0.3 is 10.1 Å². The highest BCUT2D eigenvalue weighted by Crippen LogP contribution is 2.12. The number of ether oxygens (including phenoxy) is 1. The van der Waals surface area contributed by atoms with Crippen LogP contribution in [0.4, 0.5) is 4.39 Å². The predicted octanol–water partition coefficient (Wildman–Crippen LogP) is 1.35. The second-order valence-corrected chi connectivity index (χ2v) is 4.46. The summed E-state index contributed by atoms with van der Waals surface area (Å²) < 4.78 is 17.0. The van der Waals surface area contributed by atoms with E-state index < -0.39 is 5.97 Å². The van der Waals surface area contributed by atoms with E-state index in [1.165, 1.54) is 31.0 Å². The zero-order chi connectivity index (χ0) is 13.4. The number of carbonyl (C=O) groups is 2.